The van der Waals surface area contributed by atoms with E-state index in [1.54, 1.807) is 7.11 Å². The second kappa shape index (κ2) is 8.47. The predicted octanol–water partition coefficient (Wildman–Crippen LogP) is 4.35. The van der Waals surface area contributed by atoms with Gasteiger partial charge in [-0.2, -0.15) is 4.98 Å². The Kier molecular flexibility index (Phi) is 5.60. The lowest BCUT2D eigenvalue weighted by molar-refractivity contribution is -0.132. The number of ether oxygens (including phenoxy) is 1. The molecule has 1 aliphatic rings. The Labute approximate surface area is 170 Å². The van der Waals surface area contributed by atoms with Crippen molar-refractivity contribution < 1.29 is 14.1 Å². The molecule has 6 heteroatoms. The lowest BCUT2D eigenvalue weighted by Gasteiger charge is -2.22. The average molecular weight is 391 g/mol. The summed E-state index contributed by atoms with van der Waals surface area (Å²) in [6.45, 7) is 2.76. The van der Waals surface area contributed by atoms with Crippen LogP contribution in [0.2, 0.25) is 0 Å². The number of carbonyl (C=O) groups is 1. The molecule has 0 unspecified atom stereocenters. The van der Waals surface area contributed by atoms with E-state index in [1.807, 2.05) is 60.4 Å². The zero-order valence-corrected chi connectivity index (χ0v) is 16.8. The van der Waals surface area contributed by atoms with Crippen molar-refractivity contribution in [2.45, 2.75) is 38.6 Å². The van der Waals surface area contributed by atoms with Crippen LogP contribution in [-0.4, -0.2) is 34.6 Å². The number of hydrogen-bond acceptors (Lipinski definition) is 5. The predicted molar refractivity (Wildman–Crippen MR) is 109 cm³/mol. The Balaban J connectivity index is 1.45. The van der Waals surface area contributed by atoms with E-state index >= 15 is 0 Å². The summed E-state index contributed by atoms with van der Waals surface area (Å²) in [5, 5.41) is 4.13. The number of para-hydroxylation sites is 1. The highest BCUT2D eigenvalue weighted by Crippen LogP contribution is 2.33. The van der Waals surface area contributed by atoms with E-state index < -0.39 is 0 Å². The Bertz CT molecular complexity index is 981. The zero-order chi connectivity index (χ0) is 20.2. The number of methoxy groups -OCH3 is 1. The molecule has 150 valence electrons. The monoisotopic (exact) mass is 391 g/mol. The van der Waals surface area contributed by atoms with Crippen molar-refractivity contribution in [3.63, 3.8) is 0 Å². The van der Waals surface area contributed by atoms with Gasteiger partial charge in [-0.15, -0.1) is 0 Å². The highest BCUT2D eigenvalue weighted by Gasteiger charge is 2.33. The molecule has 6 nitrogen and oxygen atoms in total. The van der Waals surface area contributed by atoms with Crippen molar-refractivity contribution in [1.82, 2.24) is 15.0 Å². The van der Waals surface area contributed by atoms with Gasteiger partial charge in [0.1, 0.15) is 11.8 Å². The van der Waals surface area contributed by atoms with Gasteiger partial charge < -0.3 is 14.2 Å². The fourth-order valence-electron chi connectivity index (χ4n) is 3.81. The lowest BCUT2D eigenvalue weighted by Crippen LogP contribution is -2.30. The molecule has 0 saturated carbocycles. The third-order valence-corrected chi connectivity index (χ3v) is 5.41. The van der Waals surface area contributed by atoms with Crippen molar-refractivity contribution in [3.05, 3.63) is 65.5 Å². The number of aromatic nitrogens is 2. The van der Waals surface area contributed by atoms with E-state index in [0.717, 1.165) is 36.3 Å². The number of carbonyl (C=O) groups excluding carboxylic acids is 1. The van der Waals surface area contributed by atoms with E-state index in [2.05, 4.69) is 10.1 Å². The molecule has 0 radical (unpaired) electrons. The summed E-state index contributed by atoms with van der Waals surface area (Å²) < 4.78 is 10.9. The van der Waals surface area contributed by atoms with Crippen LogP contribution in [0.15, 0.2) is 53.1 Å². The van der Waals surface area contributed by atoms with Crippen molar-refractivity contribution in [2.75, 3.05) is 13.7 Å². The van der Waals surface area contributed by atoms with Crippen LogP contribution >= 0.6 is 0 Å². The topological polar surface area (TPSA) is 68.5 Å². The molecular formula is C23H25N3O3. The van der Waals surface area contributed by atoms with Gasteiger partial charge in [0.2, 0.25) is 17.6 Å². The molecule has 1 aromatic heterocycles. The van der Waals surface area contributed by atoms with E-state index in [0.29, 0.717) is 24.6 Å². The standard InChI is InChI=1S/C23H25N3O3/c1-16-9-11-18(12-10-16)22-24-23(29-25-22)19-7-5-15-26(19)21(27)14-13-17-6-3-4-8-20(17)28-2/h3-4,6,8-12,19H,5,7,13-15H2,1-2H3/t19-/m0/s1. The van der Waals surface area contributed by atoms with Crippen LogP contribution in [0.25, 0.3) is 11.4 Å². The zero-order valence-electron chi connectivity index (χ0n) is 16.8. The highest BCUT2D eigenvalue weighted by atomic mass is 16.5. The number of benzene rings is 2. The van der Waals surface area contributed by atoms with Gasteiger partial charge in [-0.25, -0.2) is 0 Å². The maximum absolute atomic E-state index is 12.9. The fraction of sp³-hybridized carbons (Fsp3) is 0.348. The van der Waals surface area contributed by atoms with Gasteiger partial charge in [0.25, 0.3) is 0 Å². The molecule has 4 rings (SSSR count). The Hall–Kier alpha value is -3.15. The SMILES string of the molecule is COc1ccccc1CCC(=O)N1CCC[C@H]1c1nc(-c2ccc(C)cc2)no1. The molecule has 3 aromatic rings. The number of rotatable bonds is 6. The maximum Gasteiger partial charge on any atom is 0.249 e. The highest BCUT2D eigenvalue weighted by molar-refractivity contribution is 5.77. The summed E-state index contributed by atoms with van der Waals surface area (Å²) in [6.07, 6.45) is 2.85. The molecule has 0 aliphatic carbocycles. The second-order valence-electron chi connectivity index (χ2n) is 7.38. The minimum Gasteiger partial charge on any atom is -0.496 e. The number of amides is 1. The van der Waals surface area contributed by atoms with Gasteiger partial charge in [0.05, 0.1) is 7.11 Å². The molecule has 0 spiro atoms. The molecule has 1 amide bonds. The van der Waals surface area contributed by atoms with Crippen LogP contribution in [0.4, 0.5) is 0 Å². The number of likely N-dealkylation sites (tertiary alicyclic amines) is 1. The molecule has 2 aromatic carbocycles. The third-order valence-electron chi connectivity index (χ3n) is 5.41. The summed E-state index contributed by atoms with van der Waals surface area (Å²) in [4.78, 5) is 19.4. The molecule has 0 N–H and O–H groups in total. The smallest absolute Gasteiger partial charge is 0.249 e. The van der Waals surface area contributed by atoms with Crippen LogP contribution in [0.3, 0.4) is 0 Å². The largest absolute Gasteiger partial charge is 0.496 e. The first-order valence-corrected chi connectivity index (χ1v) is 9.97. The molecule has 2 heterocycles. The lowest BCUT2D eigenvalue weighted by atomic mass is 10.1. The van der Waals surface area contributed by atoms with E-state index in [-0.39, 0.29) is 11.9 Å². The van der Waals surface area contributed by atoms with Crippen molar-refractivity contribution >= 4 is 5.91 Å². The summed E-state index contributed by atoms with van der Waals surface area (Å²) in [6, 6.07) is 15.7. The summed E-state index contributed by atoms with van der Waals surface area (Å²) in [7, 11) is 1.65. The van der Waals surface area contributed by atoms with Crippen LogP contribution < -0.4 is 4.74 Å². The molecule has 29 heavy (non-hydrogen) atoms. The van der Waals surface area contributed by atoms with Gasteiger partial charge in [0.15, 0.2) is 0 Å². The quantitative estimate of drug-likeness (QED) is 0.625. The number of hydrogen-bond donors (Lipinski definition) is 0. The normalized spacial score (nSPS) is 16.2. The summed E-state index contributed by atoms with van der Waals surface area (Å²) in [5.74, 6) is 2.00. The average Bonchev–Trinajstić information content (AvgIpc) is 3.42. The Morgan fingerprint density at radius 2 is 2.00 bits per heavy atom. The summed E-state index contributed by atoms with van der Waals surface area (Å²) >= 11 is 0. The fourth-order valence-corrected chi connectivity index (χ4v) is 3.81. The Morgan fingerprint density at radius 1 is 1.21 bits per heavy atom. The van der Waals surface area contributed by atoms with Crippen molar-refractivity contribution in [3.8, 4) is 17.1 Å². The molecule has 0 bridgehead atoms. The van der Waals surface area contributed by atoms with Crippen LogP contribution in [0, 0.1) is 6.92 Å². The van der Waals surface area contributed by atoms with Gasteiger partial charge >= 0.3 is 0 Å². The summed E-state index contributed by atoms with van der Waals surface area (Å²) in [5.41, 5.74) is 3.14. The van der Waals surface area contributed by atoms with Crippen LogP contribution in [-0.2, 0) is 11.2 Å². The minimum absolute atomic E-state index is 0.105. The van der Waals surface area contributed by atoms with E-state index in [9.17, 15) is 4.79 Å². The first-order chi connectivity index (χ1) is 14.2. The first kappa shape index (κ1) is 19.2. The number of aryl methyl sites for hydroxylation is 2. The molecule has 1 fully saturated rings. The van der Waals surface area contributed by atoms with Crippen LogP contribution in [0.5, 0.6) is 5.75 Å². The van der Waals surface area contributed by atoms with Gasteiger partial charge in [-0.05, 0) is 37.8 Å². The maximum atomic E-state index is 12.9. The molecular weight excluding hydrogens is 366 g/mol. The third kappa shape index (κ3) is 4.16. The van der Waals surface area contributed by atoms with E-state index in [4.69, 9.17) is 9.26 Å². The van der Waals surface area contributed by atoms with Gasteiger partial charge in [-0.1, -0.05) is 53.2 Å². The molecule has 1 saturated heterocycles. The molecule has 1 aliphatic heterocycles. The minimum atomic E-state index is -0.146. The van der Waals surface area contributed by atoms with E-state index in [1.165, 1.54) is 5.56 Å². The second-order valence-corrected chi connectivity index (χ2v) is 7.38. The molecule has 1 atom stereocenters. The Morgan fingerprint density at radius 3 is 2.79 bits per heavy atom. The van der Waals surface area contributed by atoms with Crippen molar-refractivity contribution in [2.24, 2.45) is 0 Å². The first-order valence-electron chi connectivity index (χ1n) is 9.97. The number of nitrogens with zero attached hydrogens (tertiary/aromatic N) is 3. The van der Waals surface area contributed by atoms with Crippen molar-refractivity contribution in [1.29, 1.82) is 0 Å². The van der Waals surface area contributed by atoms with Gasteiger partial charge in [0, 0.05) is 18.5 Å². The van der Waals surface area contributed by atoms with Crippen LogP contribution in [0.1, 0.15) is 42.3 Å². The van der Waals surface area contributed by atoms with Gasteiger partial charge in [-0.3, -0.25) is 4.79 Å².